The van der Waals surface area contributed by atoms with Crippen LogP contribution < -0.4 is 4.90 Å². The summed E-state index contributed by atoms with van der Waals surface area (Å²) in [6.07, 6.45) is 1.81. The van der Waals surface area contributed by atoms with Gasteiger partial charge in [-0.3, -0.25) is 4.79 Å². The fraction of sp³-hybridized carbons (Fsp3) is 0.333. The van der Waals surface area contributed by atoms with E-state index in [2.05, 4.69) is 11.9 Å². The van der Waals surface area contributed by atoms with Crippen molar-refractivity contribution in [1.29, 1.82) is 0 Å². The average molecular weight is 372 g/mol. The topological polar surface area (TPSA) is 35.9 Å². The van der Waals surface area contributed by atoms with Gasteiger partial charge in [-0.25, -0.2) is 4.99 Å². The van der Waals surface area contributed by atoms with Crippen LogP contribution in [0.1, 0.15) is 28.4 Å². The lowest BCUT2D eigenvalue weighted by Gasteiger charge is -2.20. The van der Waals surface area contributed by atoms with Crippen molar-refractivity contribution in [3.63, 3.8) is 0 Å². The molecule has 0 unspecified atom stereocenters. The number of likely N-dealkylation sites (N-methyl/N-ethyl adjacent to an activating group) is 1. The second-order valence-electron chi connectivity index (χ2n) is 6.50. The molecule has 0 amide bonds. The normalized spacial score (nSPS) is 11.0. The van der Waals surface area contributed by atoms with Gasteiger partial charge >= 0.3 is 0 Å². The van der Waals surface area contributed by atoms with E-state index in [4.69, 9.17) is 11.6 Å². The van der Waals surface area contributed by atoms with Gasteiger partial charge in [-0.15, -0.1) is 0 Å². The molecule has 0 aliphatic carbocycles. The van der Waals surface area contributed by atoms with Gasteiger partial charge in [0, 0.05) is 26.2 Å². The van der Waals surface area contributed by atoms with Crippen LogP contribution in [-0.4, -0.2) is 44.2 Å². The average Bonchev–Trinajstić information content (AvgIpc) is 2.61. The molecule has 0 fully saturated rings. The number of para-hydroxylation sites is 1. The van der Waals surface area contributed by atoms with Crippen LogP contribution in [0.3, 0.4) is 0 Å². The number of aryl methyl sites for hydroxylation is 2. The molecule has 2 aromatic rings. The summed E-state index contributed by atoms with van der Waals surface area (Å²) in [6, 6.07) is 11.4. The van der Waals surface area contributed by atoms with Gasteiger partial charge in [-0.2, -0.15) is 0 Å². The van der Waals surface area contributed by atoms with Gasteiger partial charge in [0.25, 0.3) is 0 Å². The molecule has 0 heterocycles. The maximum absolute atomic E-state index is 12.8. The summed E-state index contributed by atoms with van der Waals surface area (Å²) < 4.78 is 0. The van der Waals surface area contributed by atoms with Gasteiger partial charge in [-0.1, -0.05) is 23.7 Å². The first-order chi connectivity index (χ1) is 12.3. The second-order valence-corrected chi connectivity index (χ2v) is 6.91. The van der Waals surface area contributed by atoms with Crippen LogP contribution in [0.15, 0.2) is 41.4 Å². The number of carbonyl (C=O) groups excluding carboxylic acids is 1. The molecule has 5 heteroatoms. The molecular weight excluding hydrogens is 346 g/mol. The predicted molar refractivity (Wildman–Crippen MR) is 111 cm³/mol. The van der Waals surface area contributed by atoms with Gasteiger partial charge in [-0.05, 0) is 56.2 Å². The Morgan fingerprint density at radius 2 is 1.85 bits per heavy atom. The van der Waals surface area contributed by atoms with Crippen molar-refractivity contribution in [2.45, 2.75) is 20.8 Å². The zero-order valence-electron chi connectivity index (χ0n) is 16.1. The van der Waals surface area contributed by atoms with E-state index in [-0.39, 0.29) is 12.3 Å². The quantitative estimate of drug-likeness (QED) is 0.395. The Balaban J connectivity index is 2.20. The Hall–Kier alpha value is -2.33. The Morgan fingerprint density at radius 1 is 1.15 bits per heavy atom. The van der Waals surface area contributed by atoms with Crippen molar-refractivity contribution >= 4 is 35.1 Å². The van der Waals surface area contributed by atoms with Crippen molar-refractivity contribution < 1.29 is 4.79 Å². The molecular formula is C21H26ClN3O. The lowest BCUT2D eigenvalue weighted by molar-refractivity contribution is 0.0999. The summed E-state index contributed by atoms with van der Waals surface area (Å²) in [5.74, 6) is 0.0641. The van der Waals surface area contributed by atoms with Crippen molar-refractivity contribution in [2.24, 2.45) is 4.99 Å². The van der Waals surface area contributed by atoms with Crippen LogP contribution in [0.25, 0.3) is 0 Å². The molecule has 0 aliphatic rings. The molecule has 0 spiro atoms. The summed E-state index contributed by atoms with van der Waals surface area (Å²) in [6.45, 7) is 7.16. The first kappa shape index (κ1) is 20.0. The minimum atomic E-state index is 0.0641. The third-order valence-electron chi connectivity index (χ3n) is 4.38. The van der Waals surface area contributed by atoms with E-state index < -0.39 is 0 Å². The summed E-state index contributed by atoms with van der Waals surface area (Å²) in [4.78, 5) is 21.2. The number of hydrogen-bond donors (Lipinski definition) is 0. The van der Waals surface area contributed by atoms with E-state index in [0.717, 1.165) is 34.6 Å². The fourth-order valence-corrected chi connectivity index (χ4v) is 2.91. The fourth-order valence-electron chi connectivity index (χ4n) is 2.63. The van der Waals surface area contributed by atoms with E-state index in [1.54, 1.807) is 0 Å². The van der Waals surface area contributed by atoms with Gasteiger partial charge in [0.05, 0.1) is 29.3 Å². The molecule has 0 atom stereocenters. The van der Waals surface area contributed by atoms with Crippen molar-refractivity contribution in [3.8, 4) is 0 Å². The molecule has 2 aromatic carbocycles. The van der Waals surface area contributed by atoms with E-state index >= 15 is 0 Å². The zero-order chi connectivity index (χ0) is 19.3. The molecule has 26 heavy (non-hydrogen) atoms. The largest absolute Gasteiger partial charge is 0.366 e. The molecule has 138 valence electrons. The number of hydrogen-bond acceptors (Lipinski definition) is 3. The first-order valence-electron chi connectivity index (χ1n) is 8.68. The maximum atomic E-state index is 12.8. The third kappa shape index (κ3) is 4.85. The molecule has 0 saturated heterocycles. The van der Waals surface area contributed by atoms with E-state index in [0.29, 0.717) is 5.02 Å². The Kier molecular flexibility index (Phi) is 6.81. The predicted octanol–water partition coefficient (Wildman–Crippen LogP) is 4.89. The van der Waals surface area contributed by atoms with Crippen LogP contribution >= 0.6 is 11.6 Å². The summed E-state index contributed by atoms with van der Waals surface area (Å²) in [5, 5.41) is 0.639. The van der Waals surface area contributed by atoms with Crippen molar-refractivity contribution in [3.05, 3.63) is 58.1 Å². The molecule has 4 nitrogen and oxygen atoms in total. The smallest absolute Gasteiger partial charge is 0.182 e. The number of halogens is 1. The first-order valence-corrected chi connectivity index (χ1v) is 9.05. The van der Waals surface area contributed by atoms with E-state index in [1.165, 1.54) is 0 Å². The number of nitrogens with zero attached hydrogens (tertiary/aromatic N) is 3. The lowest BCUT2D eigenvalue weighted by atomic mass is 10.00. The number of Topliss-reactive ketones (excluding diaryl/α,β-unsaturated/α-hetero) is 1. The molecule has 0 aromatic heterocycles. The number of aliphatic imine (C=N–C) groups is 1. The molecule has 2 rings (SSSR count). The third-order valence-corrected chi connectivity index (χ3v) is 4.70. The summed E-state index contributed by atoms with van der Waals surface area (Å²) >= 11 is 6.23. The minimum absolute atomic E-state index is 0.0641. The summed E-state index contributed by atoms with van der Waals surface area (Å²) in [5.41, 5.74) is 4.38. The van der Waals surface area contributed by atoms with Crippen molar-refractivity contribution in [2.75, 3.05) is 32.1 Å². The summed E-state index contributed by atoms with van der Waals surface area (Å²) in [7, 11) is 3.86. The molecule has 0 radical (unpaired) electrons. The maximum Gasteiger partial charge on any atom is 0.182 e. The van der Waals surface area contributed by atoms with Crippen LogP contribution in [0.4, 0.5) is 11.4 Å². The van der Waals surface area contributed by atoms with Gasteiger partial charge < -0.3 is 9.80 Å². The number of ketones is 1. The van der Waals surface area contributed by atoms with Crippen LogP contribution in [0.5, 0.6) is 0 Å². The second kappa shape index (κ2) is 8.86. The minimum Gasteiger partial charge on any atom is -0.366 e. The SMILES string of the molecule is CCN(C)/C=N\c1cc(C)c(C(=O)CN(C)c2ccccc2Cl)cc1C. The number of anilines is 1. The monoisotopic (exact) mass is 371 g/mol. The van der Waals surface area contributed by atoms with Gasteiger partial charge in [0.2, 0.25) is 0 Å². The highest BCUT2D eigenvalue weighted by Crippen LogP contribution is 2.26. The van der Waals surface area contributed by atoms with E-state index in [9.17, 15) is 4.79 Å². The highest BCUT2D eigenvalue weighted by Gasteiger charge is 2.15. The van der Waals surface area contributed by atoms with Gasteiger partial charge in [0.1, 0.15) is 0 Å². The lowest BCUT2D eigenvalue weighted by Crippen LogP contribution is -2.26. The molecule has 0 N–H and O–H groups in total. The molecule has 0 bridgehead atoms. The van der Waals surface area contributed by atoms with Gasteiger partial charge in [0.15, 0.2) is 5.78 Å². The number of carbonyl (C=O) groups is 1. The number of rotatable bonds is 7. The van der Waals surface area contributed by atoms with Crippen molar-refractivity contribution in [1.82, 2.24) is 4.90 Å². The van der Waals surface area contributed by atoms with Crippen LogP contribution in [0.2, 0.25) is 5.02 Å². The standard InChI is InChI=1S/C21H26ClN3O/c1-6-24(4)14-23-19-12-15(2)17(11-16(19)3)21(26)13-25(5)20-10-8-7-9-18(20)22/h7-12,14H,6,13H2,1-5H3/b23-14-. The van der Waals surface area contributed by atoms with Crippen LogP contribution in [0, 0.1) is 13.8 Å². The Bertz CT molecular complexity index is 817. The Labute approximate surface area is 161 Å². The number of benzene rings is 2. The zero-order valence-corrected chi connectivity index (χ0v) is 16.8. The van der Waals surface area contributed by atoms with E-state index in [1.807, 2.05) is 80.5 Å². The molecule has 0 saturated carbocycles. The Morgan fingerprint density at radius 3 is 2.50 bits per heavy atom. The highest BCUT2D eigenvalue weighted by molar-refractivity contribution is 6.33. The van der Waals surface area contributed by atoms with Crippen LogP contribution in [-0.2, 0) is 0 Å². The highest BCUT2D eigenvalue weighted by atomic mass is 35.5. The molecule has 0 aliphatic heterocycles.